The summed E-state index contributed by atoms with van der Waals surface area (Å²) in [6.07, 6.45) is 5.93. The second kappa shape index (κ2) is 9.60. The molecule has 5 nitrogen and oxygen atoms in total. The zero-order valence-electron chi connectivity index (χ0n) is 15.8. The van der Waals surface area contributed by atoms with Crippen molar-refractivity contribution in [2.75, 3.05) is 6.54 Å². The number of thiophene rings is 1. The number of allylic oxidation sites excluding steroid dienone is 1. The minimum atomic E-state index is -0.927. The fraction of sp³-hybridized carbons (Fsp3) is 0.318. The van der Waals surface area contributed by atoms with Crippen LogP contribution in [0.3, 0.4) is 0 Å². The molecule has 1 aliphatic rings. The molecule has 29 heavy (non-hydrogen) atoms. The first kappa shape index (κ1) is 20.9. The van der Waals surface area contributed by atoms with Gasteiger partial charge in [0.05, 0.1) is 6.04 Å². The Labute approximate surface area is 172 Å². The van der Waals surface area contributed by atoms with Crippen molar-refractivity contribution in [3.05, 3.63) is 69.7 Å². The van der Waals surface area contributed by atoms with Crippen molar-refractivity contribution in [2.45, 2.75) is 38.1 Å². The largest absolute Gasteiger partial charge is 0.477 e. The number of ketones is 1. The number of carboxylic acid groups (broad SMARTS) is 1. The molecular weight excluding hydrogens is 393 g/mol. The van der Waals surface area contributed by atoms with Gasteiger partial charge in [-0.15, -0.1) is 11.3 Å². The van der Waals surface area contributed by atoms with E-state index in [0.29, 0.717) is 36.2 Å². The fourth-order valence-corrected chi connectivity index (χ4v) is 4.31. The summed E-state index contributed by atoms with van der Waals surface area (Å²) in [7, 11) is 0. The minimum Gasteiger partial charge on any atom is -0.477 e. The van der Waals surface area contributed by atoms with Gasteiger partial charge >= 0.3 is 5.97 Å². The number of aromatic carboxylic acids is 1. The lowest BCUT2D eigenvalue weighted by atomic mass is 10.1. The maximum absolute atomic E-state index is 13.2. The minimum absolute atomic E-state index is 0.0645. The molecule has 0 bridgehead atoms. The number of rotatable bonds is 9. The topological polar surface area (TPSA) is 74.7 Å². The van der Waals surface area contributed by atoms with E-state index in [-0.39, 0.29) is 30.0 Å². The highest BCUT2D eigenvalue weighted by atomic mass is 32.1. The highest BCUT2D eigenvalue weighted by molar-refractivity contribution is 7.13. The number of hydrogen-bond donors (Lipinski definition) is 1. The number of carbonyl (C=O) groups is 3. The highest BCUT2D eigenvalue weighted by Crippen LogP contribution is 2.22. The molecular formula is C22H22FNO4S. The van der Waals surface area contributed by atoms with E-state index in [2.05, 4.69) is 0 Å². The second-order valence-corrected chi connectivity index (χ2v) is 8.17. The Morgan fingerprint density at radius 2 is 2.10 bits per heavy atom. The Hall–Kier alpha value is -2.80. The van der Waals surface area contributed by atoms with Gasteiger partial charge in [0.1, 0.15) is 10.7 Å². The van der Waals surface area contributed by atoms with Crippen LogP contribution in [0.15, 0.2) is 48.6 Å². The number of amides is 1. The van der Waals surface area contributed by atoms with Gasteiger partial charge in [0.15, 0.2) is 5.78 Å². The Balaban J connectivity index is 1.51. The van der Waals surface area contributed by atoms with Crippen molar-refractivity contribution in [2.24, 2.45) is 0 Å². The zero-order chi connectivity index (χ0) is 20.8. The molecule has 3 rings (SSSR count). The molecule has 152 valence electrons. The molecule has 2 aromatic rings. The Kier molecular flexibility index (Phi) is 6.93. The molecule has 0 aliphatic carbocycles. The summed E-state index contributed by atoms with van der Waals surface area (Å²) in [6, 6.07) is 9.26. The molecule has 1 aromatic carbocycles. The van der Waals surface area contributed by atoms with Crippen molar-refractivity contribution < 1.29 is 23.9 Å². The highest BCUT2D eigenvalue weighted by Gasteiger charge is 2.28. The molecule has 2 heterocycles. The van der Waals surface area contributed by atoms with Gasteiger partial charge in [-0.05, 0) is 55.2 Å². The number of benzene rings is 1. The predicted octanol–water partition coefficient (Wildman–Crippen LogP) is 3.88. The van der Waals surface area contributed by atoms with E-state index in [9.17, 15) is 18.8 Å². The monoisotopic (exact) mass is 415 g/mol. The third-order valence-electron chi connectivity index (χ3n) is 4.84. The molecule has 1 N–H and O–H groups in total. The van der Waals surface area contributed by atoms with Crippen molar-refractivity contribution in [3.63, 3.8) is 0 Å². The molecule has 0 saturated carbocycles. The summed E-state index contributed by atoms with van der Waals surface area (Å²) in [6.45, 7) is 0.562. The normalized spacial score (nSPS) is 16.7. The van der Waals surface area contributed by atoms with Crippen molar-refractivity contribution in [1.29, 1.82) is 0 Å². The molecule has 0 spiro atoms. The zero-order valence-corrected chi connectivity index (χ0v) is 16.7. The molecule has 1 saturated heterocycles. The summed E-state index contributed by atoms with van der Waals surface area (Å²) < 4.78 is 13.2. The van der Waals surface area contributed by atoms with Crippen LogP contribution in [0.2, 0.25) is 0 Å². The third-order valence-corrected chi connectivity index (χ3v) is 5.97. The average Bonchev–Trinajstić information content (AvgIpc) is 3.28. The van der Waals surface area contributed by atoms with Crippen LogP contribution in [0.4, 0.5) is 4.39 Å². The van der Waals surface area contributed by atoms with Gasteiger partial charge in [-0.25, -0.2) is 9.18 Å². The first-order valence-electron chi connectivity index (χ1n) is 9.49. The van der Waals surface area contributed by atoms with Gasteiger partial charge in [0.2, 0.25) is 5.91 Å². The lowest BCUT2D eigenvalue weighted by Crippen LogP contribution is -2.33. The predicted molar refractivity (Wildman–Crippen MR) is 109 cm³/mol. The number of nitrogens with zero attached hydrogens (tertiary/aromatic N) is 1. The SMILES string of the molecule is O=C(C=C[C@H]1CCC(=O)N1CCCc1ccc(C(=O)O)s1)Cc1cccc(F)c1. The van der Waals surface area contributed by atoms with E-state index in [4.69, 9.17) is 5.11 Å². The molecule has 1 aromatic heterocycles. The van der Waals surface area contributed by atoms with Gasteiger partial charge in [0.25, 0.3) is 0 Å². The van der Waals surface area contributed by atoms with Crippen LogP contribution in [0, 0.1) is 5.82 Å². The maximum Gasteiger partial charge on any atom is 0.345 e. The van der Waals surface area contributed by atoms with E-state index < -0.39 is 5.97 Å². The summed E-state index contributed by atoms with van der Waals surface area (Å²) in [4.78, 5) is 38.4. The number of halogens is 1. The number of hydrogen-bond acceptors (Lipinski definition) is 4. The van der Waals surface area contributed by atoms with Gasteiger partial charge < -0.3 is 10.0 Å². The Morgan fingerprint density at radius 1 is 1.28 bits per heavy atom. The van der Waals surface area contributed by atoms with Crippen molar-refractivity contribution in [1.82, 2.24) is 4.90 Å². The second-order valence-electron chi connectivity index (χ2n) is 7.00. The van der Waals surface area contributed by atoms with Crippen molar-refractivity contribution >= 4 is 29.0 Å². The van der Waals surface area contributed by atoms with Gasteiger partial charge in [-0.1, -0.05) is 18.2 Å². The molecule has 0 radical (unpaired) electrons. The Morgan fingerprint density at radius 3 is 2.83 bits per heavy atom. The third kappa shape index (κ3) is 5.84. The van der Waals surface area contributed by atoms with Crippen LogP contribution < -0.4 is 0 Å². The van der Waals surface area contributed by atoms with E-state index in [1.54, 1.807) is 29.2 Å². The first-order valence-corrected chi connectivity index (χ1v) is 10.3. The van der Waals surface area contributed by atoms with E-state index in [1.165, 1.54) is 29.5 Å². The number of aryl methyl sites for hydroxylation is 1. The lowest BCUT2D eigenvalue weighted by molar-refractivity contribution is -0.128. The van der Waals surface area contributed by atoms with Gasteiger partial charge in [-0.2, -0.15) is 0 Å². The Bertz CT molecular complexity index is 936. The van der Waals surface area contributed by atoms with E-state index in [0.717, 1.165) is 11.3 Å². The molecule has 1 aliphatic heterocycles. The maximum atomic E-state index is 13.2. The van der Waals surface area contributed by atoms with Crippen LogP contribution in [0.25, 0.3) is 0 Å². The molecule has 1 amide bonds. The summed E-state index contributed by atoms with van der Waals surface area (Å²) in [5.41, 5.74) is 0.621. The number of carbonyl (C=O) groups excluding carboxylic acids is 2. The van der Waals surface area contributed by atoms with E-state index >= 15 is 0 Å². The van der Waals surface area contributed by atoms with Crippen LogP contribution in [0.5, 0.6) is 0 Å². The number of likely N-dealkylation sites (tertiary alicyclic amines) is 1. The first-order chi connectivity index (χ1) is 13.9. The summed E-state index contributed by atoms with van der Waals surface area (Å²) in [5.74, 6) is -1.36. The molecule has 0 unspecified atom stereocenters. The van der Waals surface area contributed by atoms with E-state index in [1.807, 2.05) is 6.07 Å². The van der Waals surface area contributed by atoms with Crippen LogP contribution in [0.1, 0.15) is 39.4 Å². The summed E-state index contributed by atoms with van der Waals surface area (Å²) in [5, 5.41) is 8.98. The smallest absolute Gasteiger partial charge is 0.345 e. The fourth-order valence-electron chi connectivity index (χ4n) is 3.42. The van der Waals surface area contributed by atoms with Crippen molar-refractivity contribution in [3.8, 4) is 0 Å². The quantitative estimate of drug-likeness (QED) is 0.631. The van der Waals surface area contributed by atoms with Gasteiger partial charge in [-0.3, -0.25) is 9.59 Å². The van der Waals surface area contributed by atoms with Gasteiger partial charge in [0, 0.05) is 24.3 Å². The van der Waals surface area contributed by atoms with Crippen LogP contribution in [-0.4, -0.2) is 40.3 Å². The average molecular weight is 415 g/mol. The van der Waals surface area contributed by atoms with Crippen LogP contribution >= 0.6 is 11.3 Å². The molecule has 7 heteroatoms. The standard InChI is InChI=1S/C22H22FNO4S/c23-16-4-1-3-15(13-16)14-18(25)8-6-17-7-11-21(26)24(17)12-2-5-19-9-10-20(29-19)22(27)28/h1,3-4,6,8-10,13,17H,2,5,7,11-12,14H2,(H,27,28)/t17-/m0/s1. The lowest BCUT2D eigenvalue weighted by Gasteiger charge is -2.22. The van der Waals surface area contributed by atoms with Crippen LogP contribution in [-0.2, 0) is 22.4 Å². The summed E-state index contributed by atoms with van der Waals surface area (Å²) >= 11 is 1.25. The number of carboxylic acids is 1. The molecule has 1 fully saturated rings. The molecule has 1 atom stereocenters.